The monoisotopic (exact) mass is 399 g/mol. The number of hydrogen-bond donors (Lipinski definition) is 0. The Hall–Kier alpha value is -0.0231. The lowest BCUT2D eigenvalue weighted by Crippen LogP contribution is -2.54. The predicted molar refractivity (Wildman–Crippen MR) is 85.2 cm³/mol. The van der Waals surface area contributed by atoms with E-state index in [0.29, 0.717) is 12.1 Å². The predicted octanol–water partition coefficient (Wildman–Crippen LogP) is 2.56. The molecule has 0 aromatic carbocycles. The summed E-state index contributed by atoms with van der Waals surface area (Å²) in [5, 5.41) is 0.389. The zero-order valence-corrected chi connectivity index (χ0v) is 15.1. The van der Waals surface area contributed by atoms with Gasteiger partial charge in [0.25, 0.3) is 0 Å². The second kappa shape index (κ2) is 5.54. The molecule has 0 radical (unpaired) electrons. The van der Waals surface area contributed by atoms with E-state index in [4.69, 9.17) is 4.43 Å². The van der Waals surface area contributed by atoms with Crippen molar-refractivity contribution in [3.8, 4) is 0 Å². The minimum atomic E-state index is -1.91. The maximum atomic E-state index is 12.0. The molecule has 4 nitrogen and oxygen atoms in total. The van der Waals surface area contributed by atoms with E-state index in [9.17, 15) is 9.59 Å². The first-order chi connectivity index (χ1) is 7.78. The number of thioether (sulfide) groups is 1. The number of β-lactam (4-membered cyclic amide) rings is 1. The quantitative estimate of drug-likeness (QED) is 0.407. The van der Waals surface area contributed by atoms with Crippen LogP contribution in [0.5, 0.6) is 0 Å². The van der Waals surface area contributed by atoms with Crippen LogP contribution in [0, 0.1) is 0 Å². The van der Waals surface area contributed by atoms with Crippen molar-refractivity contribution in [3.63, 3.8) is 0 Å². The summed E-state index contributed by atoms with van der Waals surface area (Å²) in [4.78, 5) is 25.1. The molecule has 1 amide bonds. The van der Waals surface area contributed by atoms with Crippen LogP contribution in [0.3, 0.4) is 0 Å². The van der Waals surface area contributed by atoms with E-state index < -0.39 is 8.32 Å². The molecular weight excluding hydrogens is 381 g/mol. The Morgan fingerprint density at radius 2 is 2.11 bits per heavy atom. The van der Waals surface area contributed by atoms with Crippen molar-refractivity contribution in [2.45, 2.75) is 43.6 Å². The Kier molecular flexibility index (Phi) is 4.93. The molecule has 2 atom stereocenters. The second-order valence-electron chi connectivity index (χ2n) is 5.32. The first-order valence-corrected chi connectivity index (χ1v) is 10.1. The molecule has 2 aliphatic rings. The average molecular weight is 399 g/mol. The number of carbonyl (C=O) groups is 2. The summed E-state index contributed by atoms with van der Waals surface area (Å²) in [6, 6.07) is 0. The van der Waals surface area contributed by atoms with Gasteiger partial charge in [-0.1, -0.05) is 0 Å². The van der Waals surface area contributed by atoms with Gasteiger partial charge in [0.2, 0.25) is 14.2 Å². The Balaban J connectivity index is 0.00000162. The highest BCUT2D eigenvalue weighted by molar-refractivity contribution is 14.0. The standard InChI is InChI=1S/C11H17NO3SSi.HI/c1-7-5-8(11(14)15-17(2,3)4)12-9(13)6-10(12)16-7;/h5,7,10H,6H2,1-4H3;1H/t7?,10-;/m1./s1. The lowest BCUT2D eigenvalue weighted by atomic mass is 10.1. The molecule has 102 valence electrons. The highest BCUT2D eigenvalue weighted by atomic mass is 127. The van der Waals surface area contributed by atoms with Crippen LogP contribution in [0.25, 0.3) is 0 Å². The largest absolute Gasteiger partial charge is 0.515 e. The highest BCUT2D eigenvalue weighted by Crippen LogP contribution is 2.40. The van der Waals surface area contributed by atoms with Gasteiger partial charge in [0.15, 0.2) is 0 Å². The molecule has 0 spiro atoms. The third-order valence-electron chi connectivity index (χ3n) is 2.54. The second-order valence-corrected chi connectivity index (χ2v) is 11.3. The summed E-state index contributed by atoms with van der Waals surface area (Å²) in [5.41, 5.74) is 0.444. The number of nitrogens with zero attached hydrogens (tertiary/aromatic N) is 1. The van der Waals surface area contributed by atoms with E-state index in [2.05, 4.69) is 0 Å². The van der Waals surface area contributed by atoms with Crippen LogP contribution < -0.4 is 0 Å². The molecule has 2 rings (SSSR count). The number of carbonyl (C=O) groups excluding carboxylic acids is 2. The van der Waals surface area contributed by atoms with Crippen LogP contribution in [0.15, 0.2) is 11.8 Å². The summed E-state index contributed by atoms with van der Waals surface area (Å²) in [7, 11) is -1.91. The number of fused-ring (bicyclic) bond motifs is 1. The number of hydrogen-bond acceptors (Lipinski definition) is 4. The summed E-state index contributed by atoms with van der Waals surface area (Å²) >= 11 is 1.71. The highest BCUT2D eigenvalue weighted by Gasteiger charge is 2.45. The van der Waals surface area contributed by atoms with E-state index in [-0.39, 0.29) is 46.5 Å². The molecule has 2 heterocycles. The van der Waals surface area contributed by atoms with E-state index in [1.807, 2.05) is 32.6 Å². The normalized spacial score (nSPS) is 26.6. The summed E-state index contributed by atoms with van der Waals surface area (Å²) in [6.45, 7) is 7.91. The Bertz CT molecular complexity index is 408. The van der Waals surface area contributed by atoms with Gasteiger partial charge in [-0.05, 0) is 32.6 Å². The number of amides is 1. The minimum absolute atomic E-state index is 0. The Morgan fingerprint density at radius 1 is 1.50 bits per heavy atom. The molecule has 2 aliphatic heterocycles. The molecule has 18 heavy (non-hydrogen) atoms. The molecule has 0 saturated carbocycles. The molecule has 1 fully saturated rings. The minimum Gasteiger partial charge on any atom is -0.515 e. The van der Waals surface area contributed by atoms with E-state index in [1.54, 1.807) is 16.7 Å². The molecule has 0 aromatic rings. The maximum absolute atomic E-state index is 12.0. The average Bonchev–Trinajstić information content (AvgIpc) is 2.12. The smallest absolute Gasteiger partial charge is 0.341 e. The van der Waals surface area contributed by atoms with Crippen molar-refractivity contribution in [1.82, 2.24) is 4.90 Å². The third-order valence-corrected chi connectivity index (χ3v) is 4.59. The fraction of sp³-hybridized carbons (Fsp3) is 0.636. The molecule has 0 N–H and O–H groups in total. The molecule has 0 bridgehead atoms. The zero-order valence-electron chi connectivity index (χ0n) is 10.9. The van der Waals surface area contributed by atoms with Gasteiger partial charge in [0.1, 0.15) is 5.70 Å². The van der Waals surface area contributed by atoms with Crippen LogP contribution in [-0.2, 0) is 14.0 Å². The van der Waals surface area contributed by atoms with Crippen LogP contribution in [-0.4, -0.2) is 35.7 Å². The van der Waals surface area contributed by atoms with Gasteiger partial charge >= 0.3 is 5.97 Å². The lowest BCUT2D eigenvalue weighted by Gasteiger charge is -2.44. The van der Waals surface area contributed by atoms with Crippen molar-refractivity contribution < 1.29 is 14.0 Å². The van der Waals surface area contributed by atoms with Crippen molar-refractivity contribution >= 4 is 55.9 Å². The van der Waals surface area contributed by atoms with Gasteiger partial charge in [-0.25, -0.2) is 4.79 Å². The van der Waals surface area contributed by atoms with Gasteiger partial charge in [-0.15, -0.1) is 35.7 Å². The molecule has 1 unspecified atom stereocenters. The van der Waals surface area contributed by atoms with Gasteiger partial charge in [0.05, 0.1) is 11.8 Å². The lowest BCUT2D eigenvalue weighted by molar-refractivity contribution is -0.145. The van der Waals surface area contributed by atoms with Crippen molar-refractivity contribution in [1.29, 1.82) is 0 Å². The third kappa shape index (κ3) is 3.30. The molecule has 7 heteroatoms. The topological polar surface area (TPSA) is 46.6 Å². The van der Waals surface area contributed by atoms with Crippen LogP contribution >= 0.6 is 35.7 Å². The zero-order chi connectivity index (χ0) is 12.8. The van der Waals surface area contributed by atoms with Gasteiger partial charge in [-0.3, -0.25) is 9.69 Å². The van der Waals surface area contributed by atoms with Crippen LogP contribution in [0.1, 0.15) is 13.3 Å². The first-order valence-electron chi connectivity index (χ1n) is 5.70. The van der Waals surface area contributed by atoms with Crippen LogP contribution in [0.2, 0.25) is 19.6 Å². The Labute approximate surface area is 130 Å². The summed E-state index contributed by atoms with van der Waals surface area (Å²) in [6.07, 6.45) is 2.37. The van der Waals surface area contributed by atoms with Crippen molar-refractivity contribution in [2.24, 2.45) is 0 Å². The van der Waals surface area contributed by atoms with Crippen molar-refractivity contribution in [2.75, 3.05) is 0 Å². The first kappa shape index (κ1) is 16.0. The molecule has 1 saturated heterocycles. The summed E-state index contributed by atoms with van der Waals surface area (Å²) < 4.78 is 5.46. The maximum Gasteiger partial charge on any atom is 0.341 e. The fourth-order valence-corrected chi connectivity index (χ4v) is 3.83. The van der Waals surface area contributed by atoms with Crippen LogP contribution in [0.4, 0.5) is 0 Å². The van der Waals surface area contributed by atoms with Gasteiger partial charge in [0, 0.05) is 5.25 Å². The summed E-state index contributed by atoms with van der Waals surface area (Å²) in [5.74, 6) is -0.317. The fourth-order valence-electron chi connectivity index (χ4n) is 1.87. The van der Waals surface area contributed by atoms with E-state index in [0.717, 1.165) is 0 Å². The van der Waals surface area contributed by atoms with E-state index in [1.165, 1.54) is 0 Å². The molecule has 0 aromatic heterocycles. The van der Waals surface area contributed by atoms with Crippen molar-refractivity contribution in [3.05, 3.63) is 11.8 Å². The number of rotatable bonds is 2. The SMILES string of the molecule is CC1C=C(C(=O)O[Si](C)(C)C)N2C(=O)C[C@H]2S1.I. The molecule has 0 aliphatic carbocycles. The Morgan fingerprint density at radius 3 is 2.61 bits per heavy atom. The van der Waals surface area contributed by atoms with Gasteiger partial charge < -0.3 is 4.43 Å². The van der Waals surface area contributed by atoms with E-state index >= 15 is 0 Å². The number of halogens is 1. The van der Waals surface area contributed by atoms with Gasteiger partial charge in [-0.2, -0.15) is 0 Å². The molecular formula is C11H18INO3SSi.